The van der Waals surface area contributed by atoms with Crippen LogP contribution < -0.4 is 0 Å². The van der Waals surface area contributed by atoms with Gasteiger partial charge >= 0.3 is 17.9 Å². The van der Waals surface area contributed by atoms with Crippen molar-refractivity contribution in [3.05, 3.63) is 48.6 Å². The predicted octanol–water partition coefficient (Wildman–Crippen LogP) is 21.4. The van der Waals surface area contributed by atoms with Gasteiger partial charge in [0.15, 0.2) is 6.10 Å². The molecule has 0 unspecified atom stereocenters. The molecule has 0 spiro atoms. The summed E-state index contributed by atoms with van der Waals surface area (Å²) in [5.41, 5.74) is 0. The van der Waals surface area contributed by atoms with Gasteiger partial charge in [0, 0.05) is 19.3 Å². The van der Waals surface area contributed by atoms with Crippen LogP contribution in [-0.4, -0.2) is 37.2 Å². The summed E-state index contributed by atoms with van der Waals surface area (Å²) in [6.45, 7) is 6.63. The summed E-state index contributed by atoms with van der Waals surface area (Å²) in [5, 5.41) is 0. The van der Waals surface area contributed by atoms with Crippen LogP contribution in [0.15, 0.2) is 48.6 Å². The fourth-order valence-corrected chi connectivity index (χ4v) is 9.32. The molecule has 0 heterocycles. The van der Waals surface area contributed by atoms with Crippen molar-refractivity contribution in [3.63, 3.8) is 0 Å². The van der Waals surface area contributed by atoms with Crippen LogP contribution in [0.25, 0.3) is 0 Å². The first-order valence-corrected chi connectivity index (χ1v) is 31.6. The third-order valence-electron chi connectivity index (χ3n) is 14.1. The summed E-state index contributed by atoms with van der Waals surface area (Å²) < 4.78 is 16.9. The van der Waals surface area contributed by atoms with E-state index in [-0.39, 0.29) is 37.5 Å². The number of esters is 3. The molecule has 6 nitrogen and oxygen atoms in total. The van der Waals surface area contributed by atoms with Crippen LogP contribution in [0.1, 0.15) is 335 Å². The highest BCUT2D eigenvalue weighted by Gasteiger charge is 2.19. The van der Waals surface area contributed by atoms with E-state index in [4.69, 9.17) is 14.2 Å². The summed E-state index contributed by atoms with van der Waals surface area (Å²) in [6.07, 6.45) is 75.5. The first kappa shape index (κ1) is 69.4. The fraction of sp³-hybridized carbons (Fsp3) is 0.833. The Morgan fingerprint density at radius 1 is 0.278 bits per heavy atom. The second-order valence-corrected chi connectivity index (χ2v) is 21.3. The van der Waals surface area contributed by atoms with E-state index >= 15 is 0 Å². The van der Waals surface area contributed by atoms with Gasteiger partial charge in [0.2, 0.25) is 0 Å². The summed E-state index contributed by atoms with van der Waals surface area (Å²) >= 11 is 0. The SMILES string of the molecule is CCCCC/C=C\C/C=C\C/C=C\C/C=C\CCCC(=O)OC[C@H](COC(=O)CCCCCCCCCCCCCCCCCCCCC)OC(=O)CCCCCCCCCCCCCCCCCCCC. The van der Waals surface area contributed by atoms with Crippen LogP contribution in [0.4, 0.5) is 0 Å². The second-order valence-electron chi connectivity index (χ2n) is 21.3. The lowest BCUT2D eigenvalue weighted by Gasteiger charge is -2.18. The van der Waals surface area contributed by atoms with Gasteiger partial charge < -0.3 is 14.2 Å². The molecule has 0 aliphatic heterocycles. The quantitative estimate of drug-likeness (QED) is 0.0261. The largest absolute Gasteiger partial charge is 0.462 e. The van der Waals surface area contributed by atoms with Crippen LogP contribution >= 0.6 is 0 Å². The second kappa shape index (κ2) is 60.9. The number of hydrogen-bond donors (Lipinski definition) is 0. The molecule has 0 amide bonds. The third-order valence-corrected chi connectivity index (χ3v) is 14.1. The highest BCUT2D eigenvalue weighted by molar-refractivity contribution is 5.71. The topological polar surface area (TPSA) is 78.9 Å². The molecule has 0 aromatic carbocycles. The molecule has 0 aliphatic carbocycles. The molecule has 72 heavy (non-hydrogen) atoms. The molecule has 0 fully saturated rings. The minimum absolute atomic E-state index is 0.0850. The van der Waals surface area contributed by atoms with Gasteiger partial charge in [-0.15, -0.1) is 0 Å². The molecule has 0 rings (SSSR count). The van der Waals surface area contributed by atoms with Crippen LogP contribution in [0.3, 0.4) is 0 Å². The molecule has 0 radical (unpaired) electrons. The van der Waals surface area contributed by atoms with Crippen LogP contribution in [0.2, 0.25) is 0 Å². The smallest absolute Gasteiger partial charge is 0.306 e. The first-order chi connectivity index (χ1) is 35.5. The zero-order valence-electron chi connectivity index (χ0n) is 48.2. The van der Waals surface area contributed by atoms with Crippen molar-refractivity contribution in [1.82, 2.24) is 0 Å². The van der Waals surface area contributed by atoms with Crippen molar-refractivity contribution in [2.75, 3.05) is 13.2 Å². The van der Waals surface area contributed by atoms with Gasteiger partial charge in [0.1, 0.15) is 13.2 Å². The Labute approximate surface area is 448 Å². The van der Waals surface area contributed by atoms with Crippen molar-refractivity contribution >= 4 is 17.9 Å². The molecule has 0 aromatic rings. The average Bonchev–Trinajstić information content (AvgIpc) is 3.38. The number of allylic oxidation sites excluding steroid dienone is 8. The van der Waals surface area contributed by atoms with Gasteiger partial charge in [-0.2, -0.15) is 0 Å². The highest BCUT2D eigenvalue weighted by Crippen LogP contribution is 2.18. The van der Waals surface area contributed by atoms with E-state index in [0.717, 1.165) is 64.2 Å². The van der Waals surface area contributed by atoms with E-state index in [0.29, 0.717) is 19.3 Å². The predicted molar refractivity (Wildman–Crippen MR) is 312 cm³/mol. The van der Waals surface area contributed by atoms with Crippen molar-refractivity contribution in [2.45, 2.75) is 341 Å². The van der Waals surface area contributed by atoms with Gasteiger partial charge in [-0.1, -0.05) is 307 Å². The molecular formula is C66H120O6. The van der Waals surface area contributed by atoms with Gasteiger partial charge in [0.05, 0.1) is 0 Å². The van der Waals surface area contributed by atoms with Gasteiger partial charge in [-0.3, -0.25) is 14.4 Å². The van der Waals surface area contributed by atoms with E-state index < -0.39 is 6.10 Å². The maximum atomic E-state index is 12.9. The van der Waals surface area contributed by atoms with Crippen molar-refractivity contribution in [1.29, 1.82) is 0 Å². The molecule has 0 saturated carbocycles. The standard InChI is InChI=1S/C66H120O6/c1-4-7-10-13-16-19-22-25-28-31-33-36-38-41-44-47-50-53-56-59-65(68)71-62-63(61-70-64(67)58-55-52-49-46-43-40-37-34-30-27-24-21-18-15-12-9-6-3)72-66(69)60-57-54-51-48-45-42-39-35-32-29-26-23-20-17-14-11-8-5-2/h18,21,27,30,37,40,46,49,63H,4-17,19-20,22-26,28-29,31-36,38-39,41-45,47-48,50-62H2,1-3H3/b21-18-,30-27-,40-37-,49-46-/t63-/m1/s1. The van der Waals surface area contributed by atoms with Crippen LogP contribution in [0.5, 0.6) is 0 Å². The summed E-state index contributed by atoms with van der Waals surface area (Å²) in [7, 11) is 0. The zero-order valence-corrected chi connectivity index (χ0v) is 48.2. The lowest BCUT2D eigenvalue weighted by molar-refractivity contribution is -0.167. The van der Waals surface area contributed by atoms with Crippen LogP contribution in [0, 0.1) is 0 Å². The Hall–Kier alpha value is -2.63. The van der Waals surface area contributed by atoms with Gasteiger partial charge in [-0.05, 0) is 57.8 Å². The summed E-state index contributed by atoms with van der Waals surface area (Å²) in [4.78, 5) is 38.3. The normalized spacial score (nSPS) is 12.3. The maximum Gasteiger partial charge on any atom is 0.306 e. The minimum atomic E-state index is -0.792. The average molecular weight is 1010 g/mol. The van der Waals surface area contributed by atoms with E-state index in [9.17, 15) is 14.4 Å². The monoisotopic (exact) mass is 1010 g/mol. The Balaban J connectivity index is 4.39. The number of hydrogen-bond acceptors (Lipinski definition) is 6. The van der Waals surface area contributed by atoms with Gasteiger partial charge in [-0.25, -0.2) is 0 Å². The zero-order chi connectivity index (χ0) is 52.2. The molecular weight excluding hydrogens is 889 g/mol. The Bertz CT molecular complexity index is 1250. The Morgan fingerprint density at radius 3 is 0.833 bits per heavy atom. The van der Waals surface area contributed by atoms with Crippen molar-refractivity contribution < 1.29 is 28.6 Å². The summed E-state index contributed by atoms with van der Waals surface area (Å²) in [6, 6.07) is 0. The number of unbranched alkanes of at least 4 members (excludes halogenated alkanes) is 39. The molecule has 6 heteroatoms. The molecule has 0 aromatic heterocycles. The first-order valence-electron chi connectivity index (χ1n) is 31.6. The van der Waals surface area contributed by atoms with Crippen molar-refractivity contribution in [2.24, 2.45) is 0 Å². The van der Waals surface area contributed by atoms with E-state index in [1.165, 1.54) is 225 Å². The molecule has 0 saturated heterocycles. The molecule has 1 atom stereocenters. The number of carbonyl (C=O) groups is 3. The summed E-state index contributed by atoms with van der Waals surface area (Å²) in [5.74, 6) is -0.921. The van der Waals surface area contributed by atoms with E-state index in [1.807, 2.05) is 0 Å². The number of rotatable bonds is 58. The highest BCUT2D eigenvalue weighted by atomic mass is 16.6. The number of carbonyl (C=O) groups excluding carboxylic acids is 3. The van der Waals surface area contributed by atoms with E-state index in [1.54, 1.807) is 0 Å². The lowest BCUT2D eigenvalue weighted by atomic mass is 10.0. The molecule has 0 bridgehead atoms. The molecule has 0 aliphatic rings. The molecule has 420 valence electrons. The molecule has 0 N–H and O–H groups in total. The Kier molecular flexibility index (Phi) is 58.7. The van der Waals surface area contributed by atoms with Crippen LogP contribution in [-0.2, 0) is 28.6 Å². The van der Waals surface area contributed by atoms with Gasteiger partial charge in [0.25, 0.3) is 0 Å². The van der Waals surface area contributed by atoms with Crippen molar-refractivity contribution in [3.8, 4) is 0 Å². The minimum Gasteiger partial charge on any atom is -0.462 e. The Morgan fingerprint density at radius 2 is 0.514 bits per heavy atom. The maximum absolute atomic E-state index is 12.9. The third kappa shape index (κ3) is 58.3. The fourth-order valence-electron chi connectivity index (χ4n) is 9.32. The lowest BCUT2D eigenvalue weighted by Crippen LogP contribution is -2.30. The number of ether oxygens (including phenoxy) is 3. The van der Waals surface area contributed by atoms with E-state index in [2.05, 4.69) is 69.4 Å².